The number of H-pyrrole nitrogens is 1. The Balaban J connectivity index is 1.15. The van der Waals surface area contributed by atoms with Gasteiger partial charge in [0.2, 0.25) is 0 Å². The number of hydrogen-bond acceptors (Lipinski definition) is 5. The van der Waals surface area contributed by atoms with Gasteiger partial charge in [-0.2, -0.15) is 0 Å². The smallest absolute Gasteiger partial charge is 0.395 e. The molecule has 1 fully saturated rings. The average Bonchev–Trinajstić information content (AvgIpc) is 3.30. The number of ether oxygens (including phenoxy) is 2. The van der Waals surface area contributed by atoms with Crippen molar-refractivity contribution in [3.8, 4) is 11.5 Å². The number of nitrogens with one attached hydrogen (secondary N) is 2. The number of piperazine rings is 1. The molecule has 0 spiro atoms. The van der Waals surface area contributed by atoms with Gasteiger partial charge in [0.1, 0.15) is 5.65 Å². The number of rotatable bonds is 3. The number of anilines is 1. The Morgan fingerprint density at radius 3 is 2.77 bits per heavy atom. The van der Waals surface area contributed by atoms with Crippen LogP contribution in [0.25, 0.3) is 11.0 Å². The third kappa shape index (κ3) is 3.73. The molecule has 5 rings (SSSR count). The third-order valence-corrected chi connectivity index (χ3v) is 5.18. The van der Waals surface area contributed by atoms with Gasteiger partial charge >= 0.3 is 12.3 Å². The molecule has 2 aromatic heterocycles. The van der Waals surface area contributed by atoms with Crippen molar-refractivity contribution in [3.63, 3.8) is 0 Å². The quantitative estimate of drug-likeness (QED) is 0.686. The van der Waals surface area contributed by atoms with Crippen LogP contribution >= 0.6 is 0 Å². The van der Waals surface area contributed by atoms with Crippen molar-refractivity contribution < 1.29 is 23.0 Å². The van der Waals surface area contributed by atoms with E-state index in [9.17, 15) is 13.6 Å². The number of nitrogens with zero attached hydrogens (tertiary/aromatic N) is 3. The molecule has 0 bridgehead atoms. The number of aromatic amines is 1. The van der Waals surface area contributed by atoms with Gasteiger partial charge in [0.05, 0.1) is 11.9 Å². The van der Waals surface area contributed by atoms with Gasteiger partial charge in [-0.15, -0.1) is 8.78 Å². The fourth-order valence-electron chi connectivity index (χ4n) is 3.67. The van der Waals surface area contributed by atoms with Crippen molar-refractivity contribution in [1.82, 2.24) is 19.8 Å². The summed E-state index contributed by atoms with van der Waals surface area (Å²) in [5, 5.41) is 3.81. The first-order valence-electron chi connectivity index (χ1n) is 9.55. The minimum Gasteiger partial charge on any atom is -0.395 e. The number of alkyl halides is 2. The minimum atomic E-state index is -3.61. The van der Waals surface area contributed by atoms with Crippen LogP contribution in [0.3, 0.4) is 0 Å². The molecule has 8 nitrogen and oxygen atoms in total. The number of benzene rings is 1. The molecular weight excluding hydrogens is 396 g/mol. The third-order valence-electron chi connectivity index (χ3n) is 5.18. The van der Waals surface area contributed by atoms with E-state index in [1.807, 2.05) is 12.1 Å². The Labute approximate surface area is 170 Å². The molecule has 2 aliphatic rings. The lowest BCUT2D eigenvalue weighted by Crippen LogP contribution is -2.49. The molecule has 0 unspecified atom stereocenters. The van der Waals surface area contributed by atoms with E-state index >= 15 is 0 Å². The molecule has 4 heterocycles. The SMILES string of the molecule is O=C(Nc1cnc2[nH]ccc2c1)N1CCN(Cc2ccc3c(c2)OC(F)(F)O3)CC1. The van der Waals surface area contributed by atoms with Gasteiger partial charge < -0.3 is 24.7 Å². The zero-order valence-electron chi connectivity index (χ0n) is 15.9. The number of halogens is 2. The molecule has 2 aliphatic heterocycles. The molecule has 1 saturated heterocycles. The van der Waals surface area contributed by atoms with E-state index in [1.54, 1.807) is 29.4 Å². The second kappa shape index (κ2) is 7.13. The summed E-state index contributed by atoms with van der Waals surface area (Å²) in [6, 6.07) is 8.40. The highest BCUT2D eigenvalue weighted by atomic mass is 19.3. The van der Waals surface area contributed by atoms with E-state index < -0.39 is 6.29 Å². The van der Waals surface area contributed by atoms with Gasteiger partial charge in [-0.25, -0.2) is 9.78 Å². The van der Waals surface area contributed by atoms with Crippen LogP contribution in [0.15, 0.2) is 42.7 Å². The molecule has 0 saturated carbocycles. The standard InChI is InChI=1S/C20H19F2N5O3/c21-20(22)29-16-2-1-13(9-17(16)30-20)12-26-5-7-27(8-6-26)19(28)25-15-10-14-3-4-23-18(14)24-11-15/h1-4,9-11H,5-8,12H2,(H,23,24)(H,25,28). The summed E-state index contributed by atoms with van der Waals surface area (Å²) in [6.45, 7) is 3.05. The highest BCUT2D eigenvalue weighted by Crippen LogP contribution is 2.41. The lowest BCUT2D eigenvalue weighted by molar-refractivity contribution is -0.286. The van der Waals surface area contributed by atoms with E-state index in [2.05, 4.69) is 29.7 Å². The summed E-state index contributed by atoms with van der Waals surface area (Å²) >= 11 is 0. The zero-order valence-corrected chi connectivity index (χ0v) is 15.9. The molecule has 0 radical (unpaired) electrons. The van der Waals surface area contributed by atoms with E-state index in [0.717, 1.165) is 16.6 Å². The van der Waals surface area contributed by atoms with Crippen LogP contribution in [-0.4, -0.2) is 58.3 Å². The van der Waals surface area contributed by atoms with Crippen LogP contribution in [0.2, 0.25) is 0 Å². The van der Waals surface area contributed by atoms with E-state index in [0.29, 0.717) is 38.4 Å². The van der Waals surface area contributed by atoms with Gasteiger partial charge in [-0.1, -0.05) is 6.07 Å². The predicted octanol–water partition coefficient (Wildman–Crippen LogP) is 3.23. The van der Waals surface area contributed by atoms with Crippen molar-refractivity contribution in [3.05, 3.63) is 48.3 Å². The van der Waals surface area contributed by atoms with Crippen molar-refractivity contribution in [2.45, 2.75) is 12.8 Å². The second-order valence-corrected chi connectivity index (χ2v) is 7.28. The Morgan fingerprint density at radius 2 is 1.93 bits per heavy atom. The molecule has 1 aromatic carbocycles. The maximum absolute atomic E-state index is 13.2. The normalized spacial score (nSPS) is 18.0. The van der Waals surface area contributed by atoms with Crippen LogP contribution < -0.4 is 14.8 Å². The molecule has 2 amide bonds. The Morgan fingerprint density at radius 1 is 1.13 bits per heavy atom. The molecule has 2 N–H and O–H groups in total. The predicted molar refractivity (Wildman–Crippen MR) is 105 cm³/mol. The highest BCUT2D eigenvalue weighted by molar-refractivity contribution is 5.91. The Hall–Kier alpha value is -3.40. The molecule has 0 atom stereocenters. The van der Waals surface area contributed by atoms with Crippen molar-refractivity contribution >= 4 is 22.8 Å². The van der Waals surface area contributed by atoms with Crippen LogP contribution in [0.5, 0.6) is 11.5 Å². The first kappa shape index (κ1) is 18.6. The van der Waals surface area contributed by atoms with E-state index in [-0.39, 0.29) is 17.5 Å². The maximum Gasteiger partial charge on any atom is 0.586 e. The summed E-state index contributed by atoms with van der Waals surface area (Å²) in [7, 11) is 0. The molecule has 3 aromatic rings. The number of aromatic nitrogens is 2. The summed E-state index contributed by atoms with van der Waals surface area (Å²) in [6.07, 6.45) is -0.189. The lowest BCUT2D eigenvalue weighted by atomic mass is 10.1. The number of hydrogen-bond donors (Lipinski definition) is 2. The molecule has 0 aliphatic carbocycles. The number of pyridine rings is 1. The van der Waals surface area contributed by atoms with E-state index in [1.165, 1.54) is 6.07 Å². The topological polar surface area (TPSA) is 82.7 Å². The van der Waals surface area contributed by atoms with Gasteiger partial charge in [0.15, 0.2) is 11.5 Å². The number of amides is 2. The fourth-order valence-corrected chi connectivity index (χ4v) is 3.67. The molecule has 156 valence electrons. The second-order valence-electron chi connectivity index (χ2n) is 7.28. The Bertz CT molecular complexity index is 1090. The van der Waals surface area contributed by atoms with Crippen molar-refractivity contribution in [2.75, 3.05) is 31.5 Å². The highest BCUT2D eigenvalue weighted by Gasteiger charge is 2.43. The molecule has 10 heteroatoms. The lowest BCUT2D eigenvalue weighted by Gasteiger charge is -2.34. The van der Waals surface area contributed by atoms with Gasteiger partial charge in [0.25, 0.3) is 0 Å². The first-order valence-corrected chi connectivity index (χ1v) is 9.55. The number of carbonyl (C=O) groups excluding carboxylic acids is 1. The summed E-state index contributed by atoms with van der Waals surface area (Å²) in [5.74, 6) is 0.0843. The maximum atomic E-state index is 13.2. The van der Waals surface area contributed by atoms with Gasteiger partial charge in [-0.3, -0.25) is 4.90 Å². The number of fused-ring (bicyclic) bond motifs is 2. The molecule has 30 heavy (non-hydrogen) atoms. The van der Waals surface area contributed by atoms with Crippen LogP contribution in [0, 0.1) is 0 Å². The Kier molecular flexibility index (Phi) is 4.43. The molecular formula is C20H19F2N5O3. The fraction of sp³-hybridized carbons (Fsp3) is 0.300. The van der Waals surface area contributed by atoms with E-state index in [4.69, 9.17) is 0 Å². The van der Waals surface area contributed by atoms with Crippen molar-refractivity contribution in [1.29, 1.82) is 0 Å². The largest absolute Gasteiger partial charge is 0.586 e. The van der Waals surface area contributed by atoms with Crippen molar-refractivity contribution in [2.24, 2.45) is 0 Å². The minimum absolute atomic E-state index is 0.0394. The van der Waals surface area contributed by atoms with Gasteiger partial charge in [0, 0.05) is 44.3 Å². The summed E-state index contributed by atoms with van der Waals surface area (Å²) < 4.78 is 35.2. The number of urea groups is 1. The number of carbonyl (C=O) groups is 1. The van der Waals surface area contributed by atoms with Crippen LogP contribution in [0.4, 0.5) is 19.3 Å². The summed E-state index contributed by atoms with van der Waals surface area (Å²) in [4.78, 5) is 23.7. The first-order chi connectivity index (χ1) is 14.4. The monoisotopic (exact) mass is 415 g/mol. The summed E-state index contributed by atoms with van der Waals surface area (Å²) in [5.41, 5.74) is 2.26. The zero-order chi connectivity index (χ0) is 20.7. The van der Waals surface area contributed by atoms with Crippen LogP contribution in [-0.2, 0) is 6.54 Å². The average molecular weight is 415 g/mol. The van der Waals surface area contributed by atoms with Gasteiger partial charge in [-0.05, 0) is 29.8 Å². The van der Waals surface area contributed by atoms with Crippen LogP contribution in [0.1, 0.15) is 5.56 Å².